The van der Waals surface area contributed by atoms with Gasteiger partial charge in [0.25, 0.3) is 0 Å². The van der Waals surface area contributed by atoms with Gasteiger partial charge >= 0.3 is 0 Å². The largest absolute Gasteiger partial charge is 0.497 e. The molecule has 0 aliphatic heterocycles. The first-order chi connectivity index (χ1) is 7.33. The van der Waals surface area contributed by atoms with E-state index in [2.05, 4.69) is 4.98 Å². The smallest absolute Gasteiger partial charge is 0.123 e. The Kier molecular flexibility index (Phi) is 5.06. The SMILES string of the molecule is COc1ccc(-c2nc(CCl)cs2)cc1.Cl. The molecule has 1 aromatic heterocycles. The Morgan fingerprint density at radius 2 is 2.00 bits per heavy atom. The summed E-state index contributed by atoms with van der Waals surface area (Å²) < 4.78 is 5.09. The van der Waals surface area contributed by atoms with Gasteiger partial charge in [-0.25, -0.2) is 4.98 Å². The maximum atomic E-state index is 5.70. The van der Waals surface area contributed by atoms with Crippen LogP contribution in [0.1, 0.15) is 5.69 Å². The number of hydrogen-bond acceptors (Lipinski definition) is 3. The van der Waals surface area contributed by atoms with E-state index in [4.69, 9.17) is 16.3 Å². The normalized spacial score (nSPS) is 9.62. The first-order valence-electron chi connectivity index (χ1n) is 4.48. The van der Waals surface area contributed by atoms with Crippen LogP contribution in [-0.2, 0) is 5.88 Å². The van der Waals surface area contributed by atoms with E-state index in [1.54, 1.807) is 18.4 Å². The van der Waals surface area contributed by atoms with Gasteiger partial charge in [-0.05, 0) is 24.3 Å². The lowest BCUT2D eigenvalue weighted by Gasteiger charge is -1.99. The molecular weight excluding hydrogens is 265 g/mol. The molecule has 0 amide bonds. The number of rotatable bonds is 3. The Balaban J connectivity index is 0.00000128. The third kappa shape index (κ3) is 2.88. The second-order valence-corrected chi connectivity index (χ2v) is 4.13. The Bertz CT molecular complexity index is 442. The summed E-state index contributed by atoms with van der Waals surface area (Å²) in [5.41, 5.74) is 2.02. The molecule has 0 fully saturated rings. The number of ether oxygens (including phenoxy) is 1. The fourth-order valence-corrected chi connectivity index (χ4v) is 2.29. The minimum Gasteiger partial charge on any atom is -0.497 e. The molecular formula is C11H11Cl2NOS. The number of alkyl halides is 1. The molecule has 1 heterocycles. The number of aromatic nitrogens is 1. The van der Waals surface area contributed by atoms with Crippen LogP contribution in [0.25, 0.3) is 10.6 Å². The zero-order valence-corrected chi connectivity index (χ0v) is 11.0. The van der Waals surface area contributed by atoms with Crippen molar-refractivity contribution in [3.63, 3.8) is 0 Å². The van der Waals surface area contributed by atoms with Gasteiger partial charge in [-0.2, -0.15) is 0 Å². The molecule has 0 bridgehead atoms. The topological polar surface area (TPSA) is 22.1 Å². The molecule has 0 radical (unpaired) electrons. The second-order valence-electron chi connectivity index (χ2n) is 3.01. The van der Waals surface area contributed by atoms with Gasteiger partial charge < -0.3 is 4.74 Å². The number of methoxy groups -OCH3 is 1. The predicted molar refractivity (Wildman–Crippen MR) is 70.9 cm³/mol. The average Bonchev–Trinajstić information content (AvgIpc) is 2.78. The van der Waals surface area contributed by atoms with Crippen molar-refractivity contribution in [1.29, 1.82) is 0 Å². The van der Waals surface area contributed by atoms with Crippen molar-refractivity contribution in [3.8, 4) is 16.3 Å². The van der Waals surface area contributed by atoms with E-state index in [-0.39, 0.29) is 12.4 Å². The maximum absolute atomic E-state index is 5.70. The molecule has 0 spiro atoms. The van der Waals surface area contributed by atoms with Crippen molar-refractivity contribution in [2.24, 2.45) is 0 Å². The average molecular weight is 276 g/mol. The molecule has 0 aliphatic carbocycles. The van der Waals surface area contributed by atoms with Gasteiger partial charge in [0.15, 0.2) is 0 Å². The molecule has 86 valence electrons. The molecule has 2 rings (SSSR count). The Morgan fingerprint density at radius 1 is 1.31 bits per heavy atom. The van der Waals surface area contributed by atoms with Gasteiger partial charge in [0.2, 0.25) is 0 Å². The standard InChI is InChI=1S/C11H10ClNOS.ClH/c1-14-10-4-2-8(3-5-10)11-13-9(6-12)7-15-11;/h2-5,7H,6H2,1H3;1H. The molecule has 2 aromatic rings. The number of halogens is 2. The van der Waals surface area contributed by atoms with Crippen LogP contribution < -0.4 is 4.74 Å². The van der Waals surface area contributed by atoms with Crippen LogP contribution in [0.2, 0.25) is 0 Å². The Hall–Kier alpha value is -0.770. The quantitative estimate of drug-likeness (QED) is 0.791. The van der Waals surface area contributed by atoms with Gasteiger partial charge in [0.1, 0.15) is 10.8 Å². The van der Waals surface area contributed by atoms with E-state index in [1.807, 2.05) is 29.6 Å². The number of hydrogen-bond donors (Lipinski definition) is 0. The van der Waals surface area contributed by atoms with Crippen molar-refractivity contribution in [2.45, 2.75) is 5.88 Å². The van der Waals surface area contributed by atoms with Gasteiger partial charge in [-0.3, -0.25) is 0 Å². The lowest BCUT2D eigenvalue weighted by atomic mass is 10.2. The van der Waals surface area contributed by atoms with E-state index in [0.717, 1.165) is 22.0 Å². The zero-order chi connectivity index (χ0) is 10.7. The van der Waals surface area contributed by atoms with Crippen LogP contribution >= 0.6 is 35.3 Å². The molecule has 0 unspecified atom stereocenters. The molecule has 1 aromatic carbocycles. The van der Waals surface area contributed by atoms with E-state index in [1.165, 1.54) is 0 Å². The monoisotopic (exact) mass is 275 g/mol. The van der Waals surface area contributed by atoms with Crippen molar-refractivity contribution in [1.82, 2.24) is 4.98 Å². The highest BCUT2D eigenvalue weighted by molar-refractivity contribution is 7.13. The lowest BCUT2D eigenvalue weighted by Crippen LogP contribution is -1.83. The Morgan fingerprint density at radius 3 is 2.50 bits per heavy atom. The van der Waals surface area contributed by atoms with Crippen LogP contribution in [0.4, 0.5) is 0 Å². The summed E-state index contributed by atoms with van der Waals surface area (Å²) in [6.45, 7) is 0. The summed E-state index contributed by atoms with van der Waals surface area (Å²) >= 11 is 7.30. The van der Waals surface area contributed by atoms with Gasteiger partial charge in [-0.15, -0.1) is 35.3 Å². The maximum Gasteiger partial charge on any atom is 0.123 e. The minimum absolute atomic E-state index is 0. The van der Waals surface area contributed by atoms with Crippen molar-refractivity contribution in [3.05, 3.63) is 35.3 Å². The van der Waals surface area contributed by atoms with Gasteiger partial charge in [-0.1, -0.05) is 0 Å². The molecule has 0 N–H and O–H groups in total. The fourth-order valence-electron chi connectivity index (χ4n) is 1.23. The van der Waals surface area contributed by atoms with Crippen molar-refractivity contribution < 1.29 is 4.74 Å². The highest BCUT2D eigenvalue weighted by Gasteiger charge is 2.03. The van der Waals surface area contributed by atoms with Crippen molar-refractivity contribution >= 4 is 35.3 Å². The molecule has 16 heavy (non-hydrogen) atoms. The van der Waals surface area contributed by atoms with E-state index in [9.17, 15) is 0 Å². The molecule has 2 nitrogen and oxygen atoms in total. The summed E-state index contributed by atoms with van der Waals surface area (Å²) in [5, 5.41) is 2.97. The van der Waals surface area contributed by atoms with Crippen LogP contribution in [0.3, 0.4) is 0 Å². The summed E-state index contributed by atoms with van der Waals surface area (Å²) in [5.74, 6) is 1.32. The number of nitrogens with zero attached hydrogens (tertiary/aromatic N) is 1. The van der Waals surface area contributed by atoms with Crippen molar-refractivity contribution in [2.75, 3.05) is 7.11 Å². The summed E-state index contributed by atoms with van der Waals surface area (Å²) in [4.78, 5) is 4.40. The second kappa shape index (κ2) is 6.09. The first-order valence-corrected chi connectivity index (χ1v) is 5.89. The number of thiazole rings is 1. The fraction of sp³-hybridized carbons (Fsp3) is 0.182. The summed E-state index contributed by atoms with van der Waals surface area (Å²) in [7, 11) is 1.66. The molecule has 0 saturated heterocycles. The third-order valence-corrected chi connectivity index (χ3v) is 3.24. The molecule has 5 heteroatoms. The van der Waals surface area contributed by atoms with Crippen LogP contribution in [0.15, 0.2) is 29.6 Å². The highest BCUT2D eigenvalue weighted by atomic mass is 35.5. The summed E-state index contributed by atoms with van der Waals surface area (Å²) in [6, 6.07) is 7.85. The van der Waals surface area contributed by atoms with E-state index < -0.39 is 0 Å². The highest BCUT2D eigenvalue weighted by Crippen LogP contribution is 2.25. The summed E-state index contributed by atoms with van der Waals surface area (Å²) in [6.07, 6.45) is 0. The molecule has 0 aliphatic rings. The van der Waals surface area contributed by atoms with Gasteiger partial charge in [0.05, 0.1) is 18.7 Å². The van der Waals surface area contributed by atoms with E-state index >= 15 is 0 Å². The molecule has 0 saturated carbocycles. The van der Waals surface area contributed by atoms with Crippen LogP contribution in [-0.4, -0.2) is 12.1 Å². The Labute approximate surface area is 110 Å². The predicted octanol–water partition coefficient (Wildman–Crippen LogP) is 3.98. The first kappa shape index (κ1) is 13.3. The van der Waals surface area contributed by atoms with Gasteiger partial charge in [0, 0.05) is 10.9 Å². The van der Waals surface area contributed by atoms with Crippen LogP contribution in [0.5, 0.6) is 5.75 Å². The van der Waals surface area contributed by atoms with E-state index in [0.29, 0.717) is 5.88 Å². The van der Waals surface area contributed by atoms with Crippen LogP contribution in [0, 0.1) is 0 Å². The molecule has 0 atom stereocenters. The zero-order valence-electron chi connectivity index (χ0n) is 8.64. The third-order valence-electron chi connectivity index (χ3n) is 2.03. The number of benzene rings is 1. The lowest BCUT2D eigenvalue weighted by molar-refractivity contribution is 0.415. The minimum atomic E-state index is 0.